The molecule has 2 aliphatic carbocycles. The third kappa shape index (κ3) is 15.8. The van der Waals surface area contributed by atoms with Crippen LogP contribution in [0.3, 0.4) is 0 Å². The lowest BCUT2D eigenvalue weighted by Crippen LogP contribution is -1.66. The molecule has 1 aromatic rings. The highest BCUT2D eigenvalue weighted by Gasteiger charge is 1.82. The second-order valence-electron chi connectivity index (χ2n) is 5.23. The number of phenolic OH excluding ortho intramolecular Hbond substituents is 1. The predicted molar refractivity (Wildman–Crippen MR) is 99.1 cm³/mol. The third-order valence-corrected chi connectivity index (χ3v) is 2.34. The summed E-state index contributed by atoms with van der Waals surface area (Å²) < 4.78 is 0. The molecule has 0 saturated carbocycles. The summed E-state index contributed by atoms with van der Waals surface area (Å²) in [6.07, 6.45) is 19.0. The fourth-order valence-electron chi connectivity index (χ4n) is 1.33. The summed E-state index contributed by atoms with van der Waals surface area (Å²) in [4.78, 5) is 0. The fourth-order valence-corrected chi connectivity index (χ4v) is 1.33. The van der Waals surface area contributed by atoms with E-state index in [1.165, 1.54) is 11.1 Å². The van der Waals surface area contributed by atoms with Gasteiger partial charge in [0.05, 0.1) is 0 Å². The Kier molecular flexibility index (Phi) is 12.3. The van der Waals surface area contributed by atoms with Gasteiger partial charge < -0.3 is 5.11 Å². The summed E-state index contributed by atoms with van der Waals surface area (Å²) in [5, 5.41) is 8.76. The monoisotopic (exact) mass is 296 g/mol. The smallest absolute Gasteiger partial charge is 0.115 e. The highest BCUT2D eigenvalue weighted by Crippen LogP contribution is 2.07. The second-order valence-corrected chi connectivity index (χ2v) is 5.23. The molecule has 0 unspecified atom stereocenters. The molecule has 0 aliphatic heterocycles. The van der Waals surface area contributed by atoms with Crippen LogP contribution in [0.2, 0.25) is 0 Å². The van der Waals surface area contributed by atoms with Crippen molar-refractivity contribution >= 4 is 0 Å². The van der Waals surface area contributed by atoms with E-state index in [-0.39, 0.29) is 0 Å². The molecular weight excluding hydrogens is 268 g/mol. The van der Waals surface area contributed by atoms with E-state index in [0.29, 0.717) is 5.75 Å². The van der Waals surface area contributed by atoms with Gasteiger partial charge in [-0.05, 0) is 45.7 Å². The normalized spacial score (nSPS) is 12.5. The first-order chi connectivity index (χ1) is 10.5. The van der Waals surface area contributed by atoms with Gasteiger partial charge in [-0.3, -0.25) is 0 Å². The van der Waals surface area contributed by atoms with Gasteiger partial charge >= 0.3 is 0 Å². The van der Waals surface area contributed by atoms with Crippen LogP contribution < -0.4 is 0 Å². The first kappa shape index (κ1) is 19.7. The Balaban J connectivity index is 0.000000279. The maximum atomic E-state index is 8.76. The lowest BCUT2D eigenvalue weighted by molar-refractivity contribution is 0.475. The summed E-state index contributed by atoms with van der Waals surface area (Å²) >= 11 is 0. The highest BCUT2D eigenvalue weighted by atomic mass is 16.3. The van der Waals surface area contributed by atoms with Crippen molar-refractivity contribution in [1.29, 1.82) is 0 Å². The molecule has 1 heteroatoms. The highest BCUT2D eigenvalue weighted by molar-refractivity contribution is 5.24. The number of hydrogen-bond acceptors (Lipinski definition) is 1. The Labute approximate surface area is 135 Å². The molecule has 0 radical (unpaired) electrons. The van der Waals surface area contributed by atoms with Gasteiger partial charge in [-0.2, -0.15) is 0 Å². The maximum Gasteiger partial charge on any atom is 0.115 e. The number of allylic oxidation sites excluding steroid dienone is 9. The molecule has 118 valence electrons. The average molecular weight is 296 g/mol. The molecule has 0 spiro atoms. The molecule has 0 heterocycles. The second kappa shape index (κ2) is 13.7. The molecule has 0 aromatic heterocycles. The molecule has 3 rings (SSSR count). The zero-order valence-corrected chi connectivity index (χ0v) is 14.0. The summed E-state index contributed by atoms with van der Waals surface area (Å²) in [6.45, 7) is 9.49. The number of aryl methyl sites for hydroxylation is 1. The van der Waals surface area contributed by atoms with E-state index < -0.39 is 0 Å². The molecular formula is C21H28O. The van der Waals surface area contributed by atoms with E-state index in [4.69, 9.17) is 5.11 Å². The number of phenols is 1. The molecule has 0 saturated heterocycles. The lowest BCUT2D eigenvalue weighted by atomic mass is 10.2. The van der Waals surface area contributed by atoms with Crippen LogP contribution >= 0.6 is 0 Å². The first-order valence-electron chi connectivity index (χ1n) is 7.53. The minimum Gasteiger partial charge on any atom is -0.508 e. The zero-order chi connectivity index (χ0) is 16.6. The van der Waals surface area contributed by atoms with Gasteiger partial charge in [-0.25, -0.2) is 0 Å². The largest absolute Gasteiger partial charge is 0.508 e. The van der Waals surface area contributed by atoms with Crippen LogP contribution in [-0.4, -0.2) is 5.11 Å². The van der Waals surface area contributed by atoms with E-state index in [2.05, 4.69) is 55.2 Å². The van der Waals surface area contributed by atoms with Crippen molar-refractivity contribution in [1.82, 2.24) is 0 Å². The van der Waals surface area contributed by atoms with Gasteiger partial charge in [0.15, 0.2) is 0 Å². The molecule has 22 heavy (non-hydrogen) atoms. The van der Waals surface area contributed by atoms with Crippen molar-refractivity contribution in [2.24, 2.45) is 0 Å². The molecule has 0 amide bonds. The van der Waals surface area contributed by atoms with Crippen LogP contribution in [0, 0.1) is 6.92 Å². The Morgan fingerprint density at radius 2 is 1.14 bits per heavy atom. The van der Waals surface area contributed by atoms with Crippen molar-refractivity contribution in [3.05, 3.63) is 90.6 Å². The lowest BCUT2D eigenvalue weighted by Gasteiger charge is -1.89. The molecule has 2 aliphatic rings. The molecule has 1 aromatic carbocycles. The van der Waals surface area contributed by atoms with E-state index in [0.717, 1.165) is 12.8 Å². The van der Waals surface area contributed by atoms with Crippen LogP contribution in [0.15, 0.2) is 85.0 Å². The average Bonchev–Trinajstić information content (AvgIpc) is 3.20. The van der Waals surface area contributed by atoms with Crippen LogP contribution in [0.5, 0.6) is 5.75 Å². The summed E-state index contributed by atoms with van der Waals surface area (Å²) in [5.74, 6) is 0.329. The van der Waals surface area contributed by atoms with E-state index in [9.17, 15) is 0 Å². The minimum atomic E-state index is 0.329. The van der Waals surface area contributed by atoms with Gasteiger partial charge in [0.2, 0.25) is 0 Å². The Hall–Kier alpha value is -2.28. The van der Waals surface area contributed by atoms with Gasteiger partial charge in [-0.1, -0.05) is 71.9 Å². The van der Waals surface area contributed by atoms with Crippen LogP contribution in [0.4, 0.5) is 0 Å². The third-order valence-electron chi connectivity index (χ3n) is 2.34. The molecule has 0 atom stereocenters. The van der Waals surface area contributed by atoms with E-state index in [1.807, 2.05) is 32.9 Å². The number of rotatable bonds is 0. The van der Waals surface area contributed by atoms with Crippen LogP contribution in [0.25, 0.3) is 0 Å². The number of aromatic hydroxyl groups is 1. The van der Waals surface area contributed by atoms with Gasteiger partial charge in [0.25, 0.3) is 0 Å². The maximum absolute atomic E-state index is 8.76. The fraction of sp³-hybridized carbons (Fsp3) is 0.238. The molecule has 0 bridgehead atoms. The van der Waals surface area contributed by atoms with Crippen LogP contribution in [0.1, 0.15) is 32.3 Å². The van der Waals surface area contributed by atoms with Crippen molar-refractivity contribution in [3.63, 3.8) is 0 Å². The molecule has 1 nitrogen and oxygen atoms in total. The van der Waals surface area contributed by atoms with Gasteiger partial charge in [0.1, 0.15) is 5.75 Å². The van der Waals surface area contributed by atoms with Crippen LogP contribution in [-0.2, 0) is 0 Å². The zero-order valence-electron chi connectivity index (χ0n) is 14.0. The first-order valence-corrected chi connectivity index (χ1v) is 7.53. The van der Waals surface area contributed by atoms with Crippen molar-refractivity contribution < 1.29 is 5.11 Å². The summed E-state index contributed by atoms with van der Waals surface area (Å²) in [7, 11) is 0. The van der Waals surface area contributed by atoms with Crippen molar-refractivity contribution in [2.45, 2.75) is 33.6 Å². The number of benzene rings is 1. The Morgan fingerprint density at radius 1 is 0.818 bits per heavy atom. The van der Waals surface area contributed by atoms with E-state index in [1.54, 1.807) is 12.1 Å². The quantitative estimate of drug-likeness (QED) is 0.558. The minimum absolute atomic E-state index is 0.329. The van der Waals surface area contributed by atoms with Gasteiger partial charge in [-0.15, -0.1) is 6.58 Å². The SMILES string of the molecule is C1=CCC=C1.C1=CCC=C1.C=C(C)C.Cc1ccc(O)cc1. The predicted octanol–water partition coefficient (Wildman–Crippen LogP) is 6.29. The van der Waals surface area contributed by atoms with Gasteiger partial charge in [0, 0.05) is 0 Å². The summed E-state index contributed by atoms with van der Waals surface area (Å²) in [6, 6.07) is 7.09. The van der Waals surface area contributed by atoms with Crippen molar-refractivity contribution in [2.75, 3.05) is 0 Å². The molecule has 1 N–H and O–H groups in total. The Morgan fingerprint density at radius 3 is 1.32 bits per heavy atom. The Bertz CT molecular complexity index is 446. The van der Waals surface area contributed by atoms with E-state index >= 15 is 0 Å². The standard InChI is InChI=1S/C7H8O.2C5H6.C4H8/c1-6-2-4-7(8)5-3-6;2*1-2-4-5-3-1;1-4(2)3/h2-5,8H,1H3;2*1-4H,5H2;1H2,2-3H3. The number of hydrogen-bond donors (Lipinski definition) is 1. The molecule has 0 fully saturated rings. The topological polar surface area (TPSA) is 20.2 Å². The van der Waals surface area contributed by atoms with Crippen molar-refractivity contribution in [3.8, 4) is 5.75 Å². The summed E-state index contributed by atoms with van der Waals surface area (Å²) in [5.41, 5.74) is 2.34.